The number of unbranched alkanes of at least 4 members (excludes halogenated alkanes) is 1. The number of hydrogen-bond acceptors (Lipinski definition) is 4. The summed E-state index contributed by atoms with van der Waals surface area (Å²) in [7, 11) is -3.49. The molecule has 0 aliphatic rings. The Morgan fingerprint density at radius 2 is 2.17 bits per heavy atom. The van der Waals surface area contributed by atoms with Crippen LogP contribution in [0.3, 0.4) is 0 Å². The summed E-state index contributed by atoms with van der Waals surface area (Å²) in [5.74, 6) is 1.03. The van der Waals surface area contributed by atoms with E-state index in [1.807, 2.05) is 12.3 Å². The molecule has 4 nitrogen and oxygen atoms in total. The molecule has 0 radical (unpaired) electrons. The SMILES string of the molecule is CSCCCCNS(=O)(=O)c1cccc(C#N)c1. The van der Waals surface area contributed by atoms with E-state index >= 15 is 0 Å². The Morgan fingerprint density at radius 3 is 2.83 bits per heavy atom. The van der Waals surface area contributed by atoms with Gasteiger partial charge in [-0.25, -0.2) is 13.1 Å². The monoisotopic (exact) mass is 284 g/mol. The van der Waals surface area contributed by atoms with Crippen LogP contribution in [0.1, 0.15) is 18.4 Å². The van der Waals surface area contributed by atoms with Gasteiger partial charge in [-0.3, -0.25) is 0 Å². The maximum Gasteiger partial charge on any atom is 0.240 e. The van der Waals surface area contributed by atoms with E-state index in [9.17, 15) is 8.42 Å². The molecular weight excluding hydrogens is 268 g/mol. The van der Waals surface area contributed by atoms with E-state index in [2.05, 4.69) is 4.72 Å². The van der Waals surface area contributed by atoms with Crippen LogP contribution in [0.15, 0.2) is 29.2 Å². The van der Waals surface area contributed by atoms with Crippen molar-refractivity contribution in [3.05, 3.63) is 29.8 Å². The highest BCUT2D eigenvalue weighted by Crippen LogP contribution is 2.10. The molecule has 0 bridgehead atoms. The molecule has 0 aromatic heterocycles. The van der Waals surface area contributed by atoms with Crippen molar-refractivity contribution < 1.29 is 8.42 Å². The Balaban J connectivity index is 2.60. The van der Waals surface area contributed by atoms with Crippen molar-refractivity contribution in [2.24, 2.45) is 0 Å². The van der Waals surface area contributed by atoms with Crippen LogP contribution in [0.5, 0.6) is 0 Å². The molecule has 0 amide bonds. The lowest BCUT2D eigenvalue weighted by molar-refractivity contribution is 0.578. The lowest BCUT2D eigenvalue weighted by Gasteiger charge is -2.06. The van der Waals surface area contributed by atoms with E-state index in [4.69, 9.17) is 5.26 Å². The minimum absolute atomic E-state index is 0.145. The Kier molecular flexibility index (Phi) is 6.19. The van der Waals surface area contributed by atoms with Crippen LogP contribution in [0.2, 0.25) is 0 Å². The van der Waals surface area contributed by atoms with Crippen LogP contribution in [-0.4, -0.2) is 27.0 Å². The lowest BCUT2D eigenvalue weighted by atomic mass is 10.2. The highest BCUT2D eigenvalue weighted by Gasteiger charge is 2.13. The van der Waals surface area contributed by atoms with Crippen molar-refractivity contribution in [1.29, 1.82) is 5.26 Å². The van der Waals surface area contributed by atoms with Crippen molar-refractivity contribution in [2.75, 3.05) is 18.6 Å². The zero-order valence-corrected chi connectivity index (χ0v) is 11.9. The number of nitriles is 1. The molecule has 0 aliphatic heterocycles. The van der Waals surface area contributed by atoms with Crippen molar-refractivity contribution >= 4 is 21.8 Å². The van der Waals surface area contributed by atoms with E-state index in [0.29, 0.717) is 12.1 Å². The third-order valence-corrected chi connectivity index (χ3v) is 4.50. The number of benzene rings is 1. The van der Waals surface area contributed by atoms with E-state index in [1.54, 1.807) is 23.9 Å². The number of nitrogens with zero attached hydrogens (tertiary/aromatic N) is 1. The average Bonchev–Trinajstić information content (AvgIpc) is 2.38. The van der Waals surface area contributed by atoms with Crippen LogP contribution in [-0.2, 0) is 10.0 Å². The Bertz CT molecular complexity index is 521. The first-order chi connectivity index (χ1) is 8.60. The number of hydrogen-bond donors (Lipinski definition) is 1. The Morgan fingerprint density at radius 1 is 1.39 bits per heavy atom. The van der Waals surface area contributed by atoms with Crippen LogP contribution in [0.4, 0.5) is 0 Å². The van der Waals surface area contributed by atoms with Crippen molar-refractivity contribution in [2.45, 2.75) is 17.7 Å². The van der Waals surface area contributed by atoms with Gasteiger partial charge >= 0.3 is 0 Å². The standard InChI is InChI=1S/C12H16N2O2S2/c1-17-8-3-2-7-14-18(15,16)12-6-4-5-11(9-12)10-13/h4-6,9,14H,2-3,7-8H2,1H3. The summed E-state index contributed by atoms with van der Waals surface area (Å²) >= 11 is 1.75. The third kappa shape index (κ3) is 4.69. The van der Waals surface area contributed by atoms with Gasteiger partial charge in [0.1, 0.15) is 0 Å². The minimum atomic E-state index is -3.49. The molecule has 1 aromatic carbocycles. The fourth-order valence-electron chi connectivity index (χ4n) is 1.39. The Hall–Kier alpha value is -1.03. The van der Waals surface area contributed by atoms with Gasteiger partial charge in [0.25, 0.3) is 0 Å². The van der Waals surface area contributed by atoms with Crippen LogP contribution >= 0.6 is 11.8 Å². The van der Waals surface area contributed by atoms with Gasteiger partial charge in [0.05, 0.1) is 16.5 Å². The second-order valence-electron chi connectivity index (χ2n) is 3.74. The summed E-state index contributed by atoms with van der Waals surface area (Å²) in [5.41, 5.74) is 0.347. The second kappa shape index (κ2) is 7.41. The van der Waals surface area contributed by atoms with Gasteiger partial charge < -0.3 is 0 Å². The normalized spacial score (nSPS) is 11.1. The molecule has 0 unspecified atom stereocenters. The molecule has 0 aliphatic carbocycles. The summed E-state index contributed by atoms with van der Waals surface area (Å²) in [6.45, 7) is 0.430. The van der Waals surface area contributed by atoms with Gasteiger partial charge in [-0.2, -0.15) is 17.0 Å². The molecule has 6 heteroatoms. The molecule has 18 heavy (non-hydrogen) atoms. The largest absolute Gasteiger partial charge is 0.240 e. The van der Waals surface area contributed by atoms with Crippen molar-refractivity contribution in [1.82, 2.24) is 4.72 Å². The fraction of sp³-hybridized carbons (Fsp3) is 0.417. The second-order valence-corrected chi connectivity index (χ2v) is 6.49. The molecule has 1 rings (SSSR count). The highest BCUT2D eigenvalue weighted by molar-refractivity contribution is 7.98. The van der Waals surface area contributed by atoms with Crippen LogP contribution in [0, 0.1) is 11.3 Å². The van der Waals surface area contributed by atoms with Gasteiger partial charge in [0, 0.05) is 6.54 Å². The predicted octanol–water partition coefficient (Wildman–Crippen LogP) is 1.98. The number of nitrogens with one attached hydrogen (secondary N) is 1. The molecule has 0 atom stereocenters. The first-order valence-corrected chi connectivity index (χ1v) is 8.46. The maximum absolute atomic E-state index is 11.9. The van der Waals surface area contributed by atoms with Gasteiger partial charge in [0.2, 0.25) is 10.0 Å². The zero-order valence-electron chi connectivity index (χ0n) is 10.2. The minimum Gasteiger partial charge on any atom is -0.211 e. The third-order valence-electron chi connectivity index (χ3n) is 2.34. The van der Waals surface area contributed by atoms with Gasteiger partial charge in [-0.1, -0.05) is 6.07 Å². The topological polar surface area (TPSA) is 70.0 Å². The quantitative estimate of drug-likeness (QED) is 0.777. The number of sulfonamides is 1. The summed E-state index contributed by atoms with van der Waals surface area (Å²) < 4.78 is 26.4. The molecule has 98 valence electrons. The van der Waals surface area contributed by atoms with Gasteiger partial charge in [-0.05, 0) is 43.0 Å². The molecule has 0 saturated heterocycles. The zero-order chi connectivity index (χ0) is 13.4. The molecule has 1 N–H and O–H groups in total. The fourth-order valence-corrected chi connectivity index (χ4v) is 3.01. The average molecular weight is 284 g/mol. The van der Waals surface area contributed by atoms with Crippen LogP contribution < -0.4 is 4.72 Å². The molecule has 1 aromatic rings. The molecule has 0 heterocycles. The lowest BCUT2D eigenvalue weighted by Crippen LogP contribution is -2.24. The van der Waals surface area contributed by atoms with Crippen molar-refractivity contribution in [3.63, 3.8) is 0 Å². The molecular formula is C12H16N2O2S2. The molecule has 0 fully saturated rings. The van der Waals surface area contributed by atoms with Crippen LogP contribution in [0.25, 0.3) is 0 Å². The van der Waals surface area contributed by atoms with Gasteiger partial charge in [-0.15, -0.1) is 0 Å². The van der Waals surface area contributed by atoms with E-state index < -0.39 is 10.0 Å². The van der Waals surface area contributed by atoms with Gasteiger partial charge in [0.15, 0.2) is 0 Å². The predicted molar refractivity (Wildman–Crippen MR) is 74.0 cm³/mol. The Labute approximate surface area is 112 Å². The first kappa shape index (κ1) is 15.0. The maximum atomic E-state index is 11.9. The number of thioether (sulfide) groups is 1. The summed E-state index contributed by atoms with van der Waals surface area (Å²) in [5, 5.41) is 8.73. The van der Waals surface area contributed by atoms with E-state index in [0.717, 1.165) is 18.6 Å². The molecule has 0 spiro atoms. The summed E-state index contributed by atoms with van der Waals surface area (Å²) in [6.07, 6.45) is 3.83. The van der Waals surface area contributed by atoms with E-state index in [-0.39, 0.29) is 4.90 Å². The first-order valence-electron chi connectivity index (χ1n) is 5.59. The van der Waals surface area contributed by atoms with E-state index in [1.165, 1.54) is 12.1 Å². The summed E-state index contributed by atoms with van der Waals surface area (Å²) in [4.78, 5) is 0.145. The van der Waals surface area contributed by atoms with Crippen molar-refractivity contribution in [3.8, 4) is 6.07 Å². The highest BCUT2D eigenvalue weighted by atomic mass is 32.2. The number of rotatable bonds is 7. The smallest absolute Gasteiger partial charge is 0.211 e. The summed E-state index contributed by atoms with van der Waals surface area (Å²) in [6, 6.07) is 7.95. The molecule has 0 saturated carbocycles.